The number of fused-ring (bicyclic) bond motifs is 8. The first-order valence-electron chi connectivity index (χ1n) is 20.7. The fourth-order valence-corrected chi connectivity index (χ4v) is 9.96. The smallest absolute Gasteiger partial charge is 0.218 e. The summed E-state index contributed by atoms with van der Waals surface area (Å²) in [7, 11) is 0. The highest BCUT2D eigenvalue weighted by molar-refractivity contribution is 5.99. The fourth-order valence-electron chi connectivity index (χ4n) is 9.96. The molecular weight excluding hydrogens is 711 g/mol. The average Bonchev–Trinajstić information content (AvgIpc) is 3.51. The van der Waals surface area contributed by atoms with Gasteiger partial charge in [0.25, 0.3) is 0 Å². The zero-order valence-electron chi connectivity index (χ0n) is 36.4. The van der Waals surface area contributed by atoms with Crippen LogP contribution < -0.4 is 9.64 Å². The molecule has 5 nitrogen and oxygen atoms in total. The molecule has 2 atom stereocenters. The van der Waals surface area contributed by atoms with Crippen molar-refractivity contribution in [2.45, 2.75) is 112 Å². The molecule has 58 heavy (non-hydrogen) atoms. The topological polar surface area (TPSA) is 47.0 Å². The third-order valence-corrected chi connectivity index (χ3v) is 12.9. The highest BCUT2D eigenvalue weighted by Crippen LogP contribution is 2.57. The Hall–Kier alpha value is -5.68. The van der Waals surface area contributed by atoms with Crippen molar-refractivity contribution in [3.63, 3.8) is 0 Å². The number of nitrogens with zero attached hydrogens (tertiary/aromatic N) is 3. The van der Waals surface area contributed by atoms with Crippen LogP contribution in [0.5, 0.6) is 11.5 Å². The van der Waals surface area contributed by atoms with E-state index in [0.29, 0.717) is 5.90 Å². The minimum absolute atomic E-state index is 0.0240. The molecule has 1 aliphatic carbocycles. The highest BCUT2D eigenvalue weighted by atomic mass is 16.5. The van der Waals surface area contributed by atoms with Gasteiger partial charge < -0.3 is 9.47 Å². The number of benzene rings is 5. The van der Waals surface area contributed by atoms with Crippen molar-refractivity contribution in [1.29, 1.82) is 0 Å². The number of hydrogen-bond donors (Lipinski definition) is 0. The lowest BCUT2D eigenvalue weighted by Crippen LogP contribution is -2.32. The van der Waals surface area contributed by atoms with Crippen molar-refractivity contribution >= 4 is 23.1 Å². The van der Waals surface area contributed by atoms with Crippen molar-refractivity contribution < 1.29 is 9.47 Å². The van der Waals surface area contributed by atoms with Gasteiger partial charge >= 0.3 is 0 Å². The van der Waals surface area contributed by atoms with Crippen LogP contribution in [0, 0.1) is 48.5 Å². The van der Waals surface area contributed by atoms with Gasteiger partial charge in [-0.3, -0.25) is 4.90 Å². The zero-order chi connectivity index (χ0) is 41.2. The predicted molar refractivity (Wildman–Crippen MR) is 239 cm³/mol. The number of anilines is 3. The Bertz CT molecular complexity index is 2750. The lowest BCUT2D eigenvalue weighted by molar-refractivity contribution is 0.145. The molecule has 2 aliphatic heterocycles. The Kier molecular flexibility index (Phi) is 8.43. The maximum atomic E-state index is 7.06. The minimum Gasteiger partial charge on any atom is -0.466 e. The van der Waals surface area contributed by atoms with Gasteiger partial charge in [0.15, 0.2) is 6.10 Å². The zero-order valence-corrected chi connectivity index (χ0v) is 36.4. The maximum Gasteiger partial charge on any atom is 0.218 e. The Morgan fingerprint density at radius 3 is 2.12 bits per heavy atom. The van der Waals surface area contributed by atoms with E-state index in [1.54, 1.807) is 0 Å². The summed E-state index contributed by atoms with van der Waals surface area (Å²) in [6.07, 6.45) is 1.65. The number of rotatable bonds is 4. The molecule has 0 spiro atoms. The van der Waals surface area contributed by atoms with E-state index in [1.807, 2.05) is 6.20 Å². The number of ether oxygens (including phenoxy) is 2. The number of aliphatic imine (C=N–C) groups is 1. The van der Waals surface area contributed by atoms with Crippen LogP contribution in [0.2, 0.25) is 0 Å². The number of pyridine rings is 1. The first-order valence-corrected chi connectivity index (χ1v) is 20.7. The second-order valence-corrected chi connectivity index (χ2v) is 19.0. The van der Waals surface area contributed by atoms with E-state index in [0.717, 1.165) is 50.9 Å². The van der Waals surface area contributed by atoms with Crippen LogP contribution in [0.4, 0.5) is 17.2 Å². The van der Waals surface area contributed by atoms with Crippen LogP contribution in [0.15, 0.2) is 96.1 Å². The summed E-state index contributed by atoms with van der Waals surface area (Å²) in [6.45, 7) is 28.9. The largest absolute Gasteiger partial charge is 0.466 e. The van der Waals surface area contributed by atoms with E-state index in [4.69, 9.17) is 19.5 Å². The van der Waals surface area contributed by atoms with Gasteiger partial charge in [-0.2, -0.15) is 0 Å². The van der Waals surface area contributed by atoms with Crippen molar-refractivity contribution in [3.05, 3.63) is 163 Å². The van der Waals surface area contributed by atoms with Crippen molar-refractivity contribution in [3.8, 4) is 22.6 Å². The predicted octanol–water partition coefficient (Wildman–Crippen LogP) is 13.9. The summed E-state index contributed by atoms with van der Waals surface area (Å²) >= 11 is 0. The Labute approximate surface area is 344 Å². The van der Waals surface area contributed by atoms with E-state index < -0.39 is 5.54 Å². The summed E-state index contributed by atoms with van der Waals surface area (Å²) in [4.78, 5) is 12.8. The molecule has 0 N–H and O–H groups in total. The molecule has 294 valence electrons. The van der Waals surface area contributed by atoms with Gasteiger partial charge in [-0.1, -0.05) is 94.3 Å². The van der Waals surface area contributed by atoms with Gasteiger partial charge in [-0.25, -0.2) is 9.98 Å². The molecule has 0 saturated carbocycles. The third kappa shape index (κ3) is 5.80. The molecule has 6 aromatic rings. The summed E-state index contributed by atoms with van der Waals surface area (Å²) in [5, 5.41) is 0. The molecular formula is C53H55N3O2. The first-order chi connectivity index (χ1) is 27.3. The molecule has 9 rings (SSSR count). The van der Waals surface area contributed by atoms with Crippen LogP contribution in [-0.4, -0.2) is 10.9 Å². The molecule has 3 heterocycles. The van der Waals surface area contributed by atoms with Gasteiger partial charge in [0.1, 0.15) is 22.9 Å². The Balaban J connectivity index is 1.13. The lowest BCUT2D eigenvalue weighted by Gasteiger charge is -2.41. The van der Waals surface area contributed by atoms with Gasteiger partial charge in [0, 0.05) is 34.4 Å². The quantitative estimate of drug-likeness (QED) is 0.179. The summed E-state index contributed by atoms with van der Waals surface area (Å²) < 4.78 is 14.0. The second kappa shape index (κ2) is 12.9. The summed E-state index contributed by atoms with van der Waals surface area (Å²) in [5.74, 6) is 3.13. The third-order valence-electron chi connectivity index (χ3n) is 12.9. The number of hydrogen-bond acceptors (Lipinski definition) is 5. The van der Waals surface area contributed by atoms with Gasteiger partial charge in [-0.15, -0.1) is 0 Å². The number of aromatic nitrogens is 1. The lowest BCUT2D eigenvalue weighted by atomic mass is 9.70. The van der Waals surface area contributed by atoms with E-state index in [9.17, 15) is 0 Å². The van der Waals surface area contributed by atoms with Crippen molar-refractivity contribution in [2.75, 3.05) is 4.90 Å². The monoisotopic (exact) mass is 765 g/mol. The molecule has 3 aliphatic rings. The second-order valence-electron chi connectivity index (χ2n) is 19.0. The maximum absolute atomic E-state index is 7.06. The highest BCUT2D eigenvalue weighted by Gasteiger charge is 2.51. The van der Waals surface area contributed by atoms with Crippen LogP contribution >= 0.6 is 0 Å². The van der Waals surface area contributed by atoms with Crippen molar-refractivity contribution in [2.24, 2.45) is 4.99 Å². The first kappa shape index (κ1) is 37.9. The van der Waals surface area contributed by atoms with Gasteiger partial charge in [0.2, 0.25) is 5.90 Å². The number of aryl methyl sites for hydroxylation is 7. The molecule has 0 fully saturated rings. The SMILES string of the molecule is Cc1cc(Oc2cc(C3=N[C@]4(C)c5cc(C)cc(C)c5-c5c(C)cc(C)cc5[C@@H]4O3)c(C)cc2C)cc(N2c3ccc(C(C)(C)C)cc3C(C)(C)c3cccnc32)c1. The Morgan fingerprint density at radius 1 is 0.672 bits per heavy atom. The van der Waals surface area contributed by atoms with Gasteiger partial charge in [-0.05, 0) is 147 Å². The normalized spacial score (nSPS) is 18.7. The molecule has 5 heteroatoms. The average molecular weight is 766 g/mol. The molecule has 0 amide bonds. The van der Waals surface area contributed by atoms with Crippen LogP contribution in [0.3, 0.4) is 0 Å². The van der Waals surface area contributed by atoms with Crippen LogP contribution in [-0.2, 0) is 21.1 Å². The summed E-state index contributed by atoms with van der Waals surface area (Å²) in [6, 6.07) is 31.2. The molecule has 1 aromatic heterocycles. The Morgan fingerprint density at radius 2 is 1.38 bits per heavy atom. The fraction of sp³-hybridized carbons (Fsp3) is 0.321. The van der Waals surface area contributed by atoms with Gasteiger partial charge in [0.05, 0.1) is 11.4 Å². The van der Waals surface area contributed by atoms with Crippen molar-refractivity contribution in [1.82, 2.24) is 4.98 Å². The van der Waals surface area contributed by atoms with Crippen LogP contribution in [0.25, 0.3) is 11.1 Å². The molecule has 0 radical (unpaired) electrons. The van der Waals surface area contributed by atoms with E-state index in [1.165, 1.54) is 61.2 Å². The minimum atomic E-state index is -0.588. The standard InChI is InChI=1S/C53H55N3O2/c1-29-19-34(6)46-40(23-29)48-53(13,43-24-30(2)20-35(7)47(43)46)55-50(58-48)39-28-45(33(5)25-32(39)4)57-38-22-31(3)21-37(27-38)56-44-17-16-36(51(8,9)10)26-42(44)52(11,12)41-15-14-18-54-49(41)56/h14-28,48H,1-13H3/t48-,53+/m0/s1. The molecule has 0 unspecified atom stereocenters. The van der Waals surface area contributed by atoms with E-state index in [-0.39, 0.29) is 16.9 Å². The molecule has 0 saturated heterocycles. The van der Waals surface area contributed by atoms with E-state index in [2.05, 4.69) is 180 Å². The summed E-state index contributed by atoms with van der Waals surface area (Å²) in [5.41, 5.74) is 19.4. The van der Waals surface area contributed by atoms with Crippen LogP contribution in [0.1, 0.15) is 120 Å². The van der Waals surface area contributed by atoms with E-state index >= 15 is 0 Å². The molecule has 5 aromatic carbocycles. The molecule has 0 bridgehead atoms.